The number of carbonyl (C=O) groups is 2. The van der Waals surface area contributed by atoms with E-state index in [2.05, 4.69) is 20.8 Å². The molecule has 0 atom stereocenters. The first-order valence-corrected chi connectivity index (χ1v) is 4.94. The Morgan fingerprint density at radius 1 is 1.50 bits per heavy atom. The molecule has 1 fully saturated rings. The van der Waals surface area contributed by atoms with Crippen LogP contribution in [0.4, 0.5) is 10.5 Å². The van der Waals surface area contributed by atoms with Gasteiger partial charge in [0.05, 0.1) is 11.9 Å². The molecule has 7 nitrogen and oxygen atoms in total. The minimum atomic E-state index is -1.09. The van der Waals surface area contributed by atoms with Gasteiger partial charge >= 0.3 is 12.0 Å². The van der Waals surface area contributed by atoms with E-state index in [1.165, 1.54) is 12.4 Å². The van der Waals surface area contributed by atoms with Gasteiger partial charge < -0.3 is 15.7 Å². The lowest BCUT2D eigenvalue weighted by molar-refractivity contribution is -0.148. The number of rotatable bonds is 3. The summed E-state index contributed by atoms with van der Waals surface area (Å²) in [6.07, 6.45) is 4.71. The number of carbonyl (C=O) groups excluding carboxylic acids is 1. The van der Waals surface area contributed by atoms with Gasteiger partial charge in [-0.25, -0.2) is 9.59 Å². The predicted molar refractivity (Wildman–Crippen MR) is 55.0 cm³/mol. The molecular formula is C9H12N4O3. The standard InChI is InChI=1S/C9H12N4O3/c14-7(15)9(2-1-3-9)13-8(16)12-6-4-10-11-5-6/h4-5H,1-3H2,(H,10,11)(H,14,15)(H2,12,13,16). The van der Waals surface area contributed by atoms with Crippen LogP contribution < -0.4 is 10.6 Å². The van der Waals surface area contributed by atoms with Crippen molar-refractivity contribution in [3.05, 3.63) is 12.4 Å². The molecule has 7 heteroatoms. The highest BCUT2D eigenvalue weighted by molar-refractivity contribution is 5.94. The van der Waals surface area contributed by atoms with Crippen molar-refractivity contribution >= 4 is 17.7 Å². The molecule has 0 radical (unpaired) electrons. The van der Waals surface area contributed by atoms with Crippen molar-refractivity contribution in [3.8, 4) is 0 Å². The Morgan fingerprint density at radius 3 is 2.69 bits per heavy atom. The number of anilines is 1. The second-order valence-electron chi connectivity index (χ2n) is 3.81. The first-order valence-electron chi connectivity index (χ1n) is 4.94. The quantitative estimate of drug-likeness (QED) is 0.601. The normalized spacial score (nSPS) is 17.2. The van der Waals surface area contributed by atoms with Crippen LogP contribution in [0.1, 0.15) is 19.3 Å². The third kappa shape index (κ3) is 1.83. The van der Waals surface area contributed by atoms with Crippen LogP contribution in [0, 0.1) is 0 Å². The third-order valence-electron chi connectivity index (χ3n) is 2.73. The molecule has 16 heavy (non-hydrogen) atoms. The summed E-state index contributed by atoms with van der Waals surface area (Å²) in [5, 5.41) is 20.2. The summed E-state index contributed by atoms with van der Waals surface area (Å²) in [7, 11) is 0. The minimum absolute atomic E-state index is 0.473. The molecular weight excluding hydrogens is 212 g/mol. The van der Waals surface area contributed by atoms with Crippen molar-refractivity contribution in [1.82, 2.24) is 15.5 Å². The van der Waals surface area contributed by atoms with Gasteiger partial charge in [-0.2, -0.15) is 5.10 Å². The second kappa shape index (κ2) is 3.84. The van der Waals surface area contributed by atoms with Gasteiger partial charge in [0.15, 0.2) is 0 Å². The fourth-order valence-electron chi connectivity index (χ4n) is 1.62. The van der Waals surface area contributed by atoms with Crippen LogP contribution in [-0.4, -0.2) is 32.8 Å². The monoisotopic (exact) mass is 224 g/mol. The van der Waals surface area contributed by atoms with E-state index in [0.717, 1.165) is 6.42 Å². The van der Waals surface area contributed by atoms with E-state index in [1.54, 1.807) is 0 Å². The molecule has 0 saturated heterocycles. The lowest BCUT2D eigenvalue weighted by atomic mass is 9.77. The molecule has 1 aromatic rings. The molecule has 0 aliphatic heterocycles. The number of urea groups is 1. The van der Waals surface area contributed by atoms with Gasteiger partial charge in [-0.1, -0.05) is 0 Å². The minimum Gasteiger partial charge on any atom is -0.480 e. The summed E-state index contributed by atoms with van der Waals surface area (Å²) in [6, 6.07) is -0.525. The van der Waals surface area contributed by atoms with Crippen molar-refractivity contribution in [3.63, 3.8) is 0 Å². The maximum absolute atomic E-state index is 11.5. The first kappa shape index (κ1) is 10.5. The summed E-state index contributed by atoms with van der Waals surface area (Å²) in [5.41, 5.74) is -0.592. The van der Waals surface area contributed by atoms with Crippen LogP contribution in [0.5, 0.6) is 0 Å². The van der Waals surface area contributed by atoms with Crippen LogP contribution in [-0.2, 0) is 4.79 Å². The van der Waals surface area contributed by atoms with Crippen LogP contribution in [0.3, 0.4) is 0 Å². The van der Waals surface area contributed by atoms with E-state index < -0.39 is 17.5 Å². The molecule has 1 aromatic heterocycles. The van der Waals surface area contributed by atoms with E-state index in [-0.39, 0.29) is 0 Å². The molecule has 4 N–H and O–H groups in total. The predicted octanol–water partition coefficient (Wildman–Crippen LogP) is 0.538. The number of carboxylic acids is 1. The van der Waals surface area contributed by atoms with Crippen LogP contribution >= 0.6 is 0 Å². The number of carboxylic acid groups (broad SMARTS) is 1. The Labute approximate surface area is 91.2 Å². The van der Waals surface area contributed by atoms with Gasteiger partial charge in [0, 0.05) is 6.20 Å². The zero-order valence-corrected chi connectivity index (χ0v) is 8.49. The zero-order valence-electron chi connectivity index (χ0n) is 8.49. The van der Waals surface area contributed by atoms with Gasteiger partial charge in [0.25, 0.3) is 0 Å². The van der Waals surface area contributed by atoms with Crippen LogP contribution in [0.25, 0.3) is 0 Å². The first-order chi connectivity index (χ1) is 7.62. The molecule has 0 spiro atoms. The summed E-state index contributed by atoms with van der Waals surface area (Å²) < 4.78 is 0. The zero-order chi connectivity index (χ0) is 11.6. The topological polar surface area (TPSA) is 107 Å². The van der Waals surface area contributed by atoms with E-state index in [9.17, 15) is 9.59 Å². The van der Waals surface area contributed by atoms with Crippen molar-refractivity contribution in [2.75, 3.05) is 5.32 Å². The molecule has 1 aliphatic carbocycles. The number of amides is 2. The SMILES string of the molecule is O=C(Nc1cn[nH]c1)NC1(C(=O)O)CCC1. The fraction of sp³-hybridized carbons (Fsp3) is 0.444. The van der Waals surface area contributed by atoms with Crippen molar-refractivity contribution in [2.45, 2.75) is 24.8 Å². The number of aromatic nitrogens is 2. The average Bonchev–Trinajstić information content (AvgIpc) is 2.63. The number of H-pyrrole nitrogens is 1. The number of aromatic amines is 1. The summed E-state index contributed by atoms with van der Waals surface area (Å²) in [4.78, 5) is 22.5. The number of hydrogen-bond donors (Lipinski definition) is 4. The molecule has 86 valence electrons. The molecule has 1 aliphatic rings. The Kier molecular flexibility index (Phi) is 2.51. The smallest absolute Gasteiger partial charge is 0.329 e. The second-order valence-corrected chi connectivity index (χ2v) is 3.81. The van der Waals surface area contributed by atoms with Crippen LogP contribution in [0.15, 0.2) is 12.4 Å². The molecule has 0 aromatic carbocycles. The van der Waals surface area contributed by atoms with Crippen LogP contribution in [0.2, 0.25) is 0 Å². The summed E-state index contributed by atoms with van der Waals surface area (Å²) >= 11 is 0. The van der Waals surface area contributed by atoms with Gasteiger partial charge in [0.2, 0.25) is 0 Å². The lowest BCUT2D eigenvalue weighted by Gasteiger charge is -2.37. The number of hydrogen-bond acceptors (Lipinski definition) is 3. The average molecular weight is 224 g/mol. The Bertz CT molecular complexity index is 397. The maximum atomic E-state index is 11.5. The van der Waals surface area contributed by atoms with Crippen molar-refractivity contribution in [1.29, 1.82) is 0 Å². The molecule has 2 rings (SSSR count). The lowest BCUT2D eigenvalue weighted by Crippen LogP contribution is -2.60. The molecule has 0 bridgehead atoms. The van der Waals surface area contributed by atoms with Gasteiger partial charge in [-0.3, -0.25) is 5.10 Å². The van der Waals surface area contributed by atoms with Crippen molar-refractivity contribution < 1.29 is 14.7 Å². The number of nitrogens with one attached hydrogen (secondary N) is 3. The summed E-state index contributed by atoms with van der Waals surface area (Å²) in [5.74, 6) is -0.985. The summed E-state index contributed by atoms with van der Waals surface area (Å²) in [6.45, 7) is 0. The Morgan fingerprint density at radius 2 is 2.25 bits per heavy atom. The molecule has 0 unspecified atom stereocenters. The molecule has 2 amide bonds. The molecule has 1 saturated carbocycles. The number of aliphatic carboxylic acids is 1. The van der Waals surface area contributed by atoms with E-state index in [4.69, 9.17) is 5.11 Å². The van der Waals surface area contributed by atoms with Crippen molar-refractivity contribution in [2.24, 2.45) is 0 Å². The highest BCUT2D eigenvalue weighted by Crippen LogP contribution is 2.32. The highest BCUT2D eigenvalue weighted by atomic mass is 16.4. The van der Waals surface area contributed by atoms with Gasteiger partial charge in [-0.15, -0.1) is 0 Å². The highest BCUT2D eigenvalue weighted by Gasteiger charge is 2.45. The third-order valence-corrected chi connectivity index (χ3v) is 2.73. The van der Waals surface area contributed by atoms with E-state index in [0.29, 0.717) is 18.5 Å². The number of nitrogens with zero attached hydrogens (tertiary/aromatic N) is 1. The van der Waals surface area contributed by atoms with Gasteiger partial charge in [-0.05, 0) is 19.3 Å². The maximum Gasteiger partial charge on any atom is 0.329 e. The largest absolute Gasteiger partial charge is 0.480 e. The fourth-order valence-corrected chi connectivity index (χ4v) is 1.62. The van der Waals surface area contributed by atoms with Gasteiger partial charge in [0.1, 0.15) is 5.54 Å². The Balaban J connectivity index is 1.94. The van der Waals surface area contributed by atoms with E-state index in [1.807, 2.05) is 0 Å². The van der Waals surface area contributed by atoms with E-state index >= 15 is 0 Å². The molecule has 1 heterocycles. The Hall–Kier alpha value is -2.05.